The molecular formula is C16H18N4O2. The van der Waals surface area contributed by atoms with Crippen molar-refractivity contribution < 1.29 is 9.59 Å². The summed E-state index contributed by atoms with van der Waals surface area (Å²) in [7, 11) is 0. The highest BCUT2D eigenvalue weighted by Crippen LogP contribution is 2.21. The maximum Gasteiger partial charge on any atom is 0.246 e. The normalized spacial score (nSPS) is 15.9. The number of hydrogen-bond acceptors (Lipinski definition) is 3. The first-order chi connectivity index (χ1) is 10.6. The number of imidazole rings is 1. The summed E-state index contributed by atoms with van der Waals surface area (Å²) in [6.45, 7) is 2.42. The lowest BCUT2D eigenvalue weighted by Crippen LogP contribution is -2.42. The standard InChI is InChI=1S/C16H18N4O2/c1-11(20-7-3-6-15(20)21)16(22)19-13-5-2-4-12(8-13)14-9-17-10-18-14/h2,4-5,8-11H,3,6-7H2,1H3,(H,17,18)(H,19,22). The molecule has 0 radical (unpaired) electrons. The van der Waals surface area contributed by atoms with Crippen molar-refractivity contribution in [2.75, 3.05) is 11.9 Å². The third-order valence-corrected chi connectivity index (χ3v) is 3.90. The van der Waals surface area contributed by atoms with Gasteiger partial charge in [0, 0.05) is 24.2 Å². The van der Waals surface area contributed by atoms with E-state index in [9.17, 15) is 9.59 Å². The van der Waals surface area contributed by atoms with Crippen LogP contribution in [0.15, 0.2) is 36.8 Å². The van der Waals surface area contributed by atoms with Gasteiger partial charge in [-0.1, -0.05) is 12.1 Å². The van der Waals surface area contributed by atoms with Crippen molar-refractivity contribution in [1.82, 2.24) is 14.9 Å². The second-order valence-corrected chi connectivity index (χ2v) is 5.40. The van der Waals surface area contributed by atoms with Crippen LogP contribution in [-0.2, 0) is 9.59 Å². The SMILES string of the molecule is CC(C(=O)Nc1cccc(-c2cnc[nH]2)c1)N1CCCC1=O. The predicted octanol–water partition coefficient (Wildman–Crippen LogP) is 2.03. The Morgan fingerprint density at radius 2 is 2.32 bits per heavy atom. The molecule has 2 aromatic rings. The maximum absolute atomic E-state index is 12.3. The van der Waals surface area contributed by atoms with E-state index < -0.39 is 6.04 Å². The third-order valence-electron chi connectivity index (χ3n) is 3.90. The second kappa shape index (κ2) is 6.01. The minimum atomic E-state index is -0.453. The van der Waals surface area contributed by atoms with Gasteiger partial charge in [-0.2, -0.15) is 0 Å². The number of anilines is 1. The number of carbonyl (C=O) groups excluding carboxylic acids is 2. The third kappa shape index (κ3) is 2.86. The molecule has 2 heterocycles. The Bertz CT molecular complexity index is 681. The summed E-state index contributed by atoms with van der Waals surface area (Å²) in [5.41, 5.74) is 2.54. The van der Waals surface area contributed by atoms with Crippen LogP contribution in [0.5, 0.6) is 0 Å². The lowest BCUT2D eigenvalue weighted by molar-refractivity contribution is -0.134. The summed E-state index contributed by atoms with van der Waals surface area (Å²) < 4.78 is 0. The first-order valence-electron chi connectivity index (χ1n) is 7.34. The molecule has 1 saturated heterocycles. The minimum absolute atomic E-state index is 0.0499. The van der Waals surface area contributed by atoms with Gasteiger partial charge in [-0.3, -0.25) is 9.59 Å². The molecule has 114 valence electrons. The number of H-pyrrole nitrogens is 1. The highest BCUT2D eigenvalue weighted by molar-refractivity contribution is 5.97. The molecule has 1 aromatic carbocycles. The van der Waals surface area contributed by atoms with Crippen LogP contribution in [0.4, 0.5) is 5.69 Å². The molecule has 1 fully saturated rings. The van der Waals surface area contributed by atoms with E-state index in [1.807, 2.05) is 24.3 Å². The predicted molar refractivity (Wildman–Crippen MR) is 83.1 cm³/mol. The summed E-state index contributed by atoms with van der Waals surface area (Å²) in [5.74, 6) is -0.120. The Kier molecular flexibility index (Phi) is 3.91. The summed E-state index contributed by atoms with van der Waals surface area (Å²) >= 11 is 0. The first kappa shape index (κ1) is 14.3. The number of benzene rings is 1. The molecule has 1 unspecified atom stereocenters. The number of nitrogens with one attached hydrogen (secondary N) is 2. The number of carbonyl (C=O) groups is 2. The number of aromatic nitrogens is 2. The van der Waals surface area contributed by atoms with E-state index in [4.69, 9.17) is 0 Å². The monoisotopic (exact) mass is 298 g/mol. The van der Waals surface area contributed by atoms with Crippen molar-refractivity contribution in [2.45, 2.75) is 25.8 Å². The van der Waals surface area contributed by atoms with Gasteiger partial charge >= 0.3 is 0 Å². The van der Waals surface area contributed by atoms with Gasteiger partial charge in [0.25, 0.3) is 0 Å². The van der Waals surface area contributed by atoms with Crippen molar-refractivity contribution in [3.05, 3.63) is 36.8 Å². The zero-order valence-corrected chi connectivity index (χ0v) is 12.4. The Hall–Kier alpha value is -2.63. The lowest BCUT2D eigenvalue weighted by atomic mass is 10.1. The Morgan fingerprint density at radius 3 is 3.00 bits per heavy atom. The number of rotatable bonds is 4. The lowest BCUT2D eigenvalue weighted by Gasteiger charge is -2.23. The molecule has 1 aromatic heterocycles. The average Bonchev–Trinajstić information content (AvgIpc) is 3.18. The molecule has 1 aliphatic rings. The van der Waals surface area contributed by atoms with Crippen LogP contribution in [0.1, 0.15) is 19.8 Å². The van der Waals surface area contributed by atoms with E-state index in [1.54, 1.807) is 24.3 Å². The Morgan fingerprint density at radius 1 is 1.45 bits per heavy atom. The molecule has 3 rings (SSSR count). The molecule has 22 heavy (non-hydrogen) atoms. The van der Waals surface area contributed by atoms with Crippen molar-refractivity contribution >= 4 is 17.5 Å². The Labute approximate surface area is 128 Å². The number of aromatic amines is 1. The highest BCUT2D eigenvalue weighted by Gasteiger charge is 2.29. The zero-order valence-electron chi connectivity index (χ0n) is 12.4. The summed E-state index contributed by atoms with van der Waals surface area (Å²) in [4.78, 5) is 32.7. The fourth-order valence-electron chi connectivity index (χ4n) is 2.65. The van der Waals surface area contributed by atoms with Crippen molar-refractivity contribution in [1.29, 1.82) is 0 Å². The molecule has 6 nitrogen and oxygen atoms in total. The molecule has 0 spiro atoms. The van der Waals surface area contributed by atoms with Gasteiger partial charge in [0.05, 0.1) is 18.2 Å². The topological polar surface area (TPSA) is 78.1 Å². The van der Waals surface area contributed by atoms with Gasteiger partial charge in [-0.25, -0.2) is 4.98 Å². The van der Waals surface area contributed by atoms with E-state index >= 15 is 0 Å². The molecular weight excluding hydrogens is 280 g/mol. The number of nitrogens with zero attached hydrogens (tertiary/aromatic N) is 2. The van der Waals surface area contributed by atoms with Gasteiger partial charge in [0.1, 0.15) is 6.04 Å². The molecule has 0 saturated carbocycles. The van der Waals surface area contributed by atoms with Gasteiger partial charge in [-0.05, 0) is 25.5 Å². The number of hydrogen-bond donors (Lipinski definition) is 2. The summed E-state index contributed by atoms with van der Waals surface area (Å²) in [5, 5.41) is 2.87. The molecule has 2 amide bonds. The Balaban J connectivity index is 1.71. The fourth-order valence-corrected chi connectivity index (χ4v) is 2.65. The van der Waals surface area contributed by atoms with Gasteiger partial charge < -0.3 is 15.2 Å². The molecule has 1 aliphatic heterocycles. The number of likely N-dealkylation sites (tertiary alicyclic amines) is 1. The van der Waals surface area contributed by atoms with E-state index in [0.29, 0.717) is 18.7 Å². The second-order valence-electron chi connectivity index (χ2n) is 5.40. The number of amides is 2. The van der Waals surface area contributed by atoms with Crippen LogP contribution in [0.3, 0.4) is 0 Å². The summed E-state index contributed by atoms with van der Waals surface area (Å²) in [6.07, 6.45) is 4.70. The van der Waals surface area contributed by atoms with Crippen LogP contribution in [0.2, 0.25) is 0 Å². The van der Waals surface area contributed by atoms with Crippen molar-refractivity contribution in [3.8, 4) is 11.3 Å². The van der Waals surface area contributed by atoms with Crippen LogP contribution >= 0.6 is 0 Å². The molecule has 1 atom stereocenters. The van der Waals surface area contributed by atoms with Crippen LogP contribution in [0.25, 0.3) is 11.3 Å². The van der Waals surface area contributed by atoms with Gasteiger partial charge in [-0.15, -0.1) is 0 Å². The molecule has 6 heteroatoms. The van der Waals surface area contributed by atoms with Gasteiger partial charge in [0.2, 0.25) is 11.8 Å². The fraction of sp³-hybridized carbons (Fsp3) is 0.312. The minimum Gasteiger partial charge on any atom is -0.345 e. The van der Waals surface area contributed by atoms with E-state index in [-0.39, 0.29) is 11.8 Å². The van der Waals surface area contributed by atoms with Crippen LogP contribution < -0.4 is 5.32 Å². The zero-order chi connectivity index (χ0) is 15.5. The molecule has 0 aliphatic carbocycles. The average molecular weight is 298 g/mol. The van der Waals surface area contributed by atoms with Gasteiger partial charge in [0.15, 0.2) is 0 Å². The molecule has 2 N–H and O–H groups in total. The highest BCUT2D eigenvalue weighted by atomic mass is 16.2. The van der Waals surface area contributed by atoms with Crippen LogP contribution in [0, 0.1) is 0 Å². The largest absolute Gasteiger partial charge is 0.345 e. The van der Waals surface area contributed by atoms with E-state index in [0.717, 1.165) is 17.7 Å². The first-order valence-corrected chi connectivity index (χ1v) is 7.34. The maximum atomic E-state index is 12.3. The van der Waals surface area contributed by atoms with E-state index in [1.165, 1.54) is 0 Å². The molecule has 0 bridgehead atoms. The smallest absolute Gasteiger partial charge is 0.246 e. The summed E-state index contributed by atoms with van der Waals surface area (Å²) in [6, 6.07) is 7.07. The van der Waals surface area contributed by atoms with Crippen molar-refractivity contribution in [3.63, 3.8) is 0 Å². The van der Waals surface area contributed by atoms with E-state index in [2.05, 4.69) is 15.3 Å². The quantitative estimate of drug-likeness (QED) is 0.906. The van der Waals surface area contributed by atoms with Crippen LogP contribution in [-0.4, -0.2) is 39.3 Å². The van der Waals surface area contributed by atoms with Crippen molar-refractivity contribution in [2.24, 2.45) is 0 Å².